The van der Waals surface area contributed by atoms with Gasteiger partial charge >= 0.3 is 6.18 Å². The van der Waals surface area contributed by atoms with Gasteiger partial charge in [-0.15, -0.1) is 0 Å². The smallest absolute Gasteiger partial charge is 0.373 e. The van der Waals surface area contributed by atoms with Gasteiger partial charge in [-0.25, -0.2) is 0 Å². The molecule has 2 atom stereocenters. The molecule has 1 aromatic carbocycles. The van der Waals surface area contributed by atoms with Gasteiger partial charge in [0.05, 0.1) is 15.7 Å². The lowest BCUT2D eigenvalue weighted by molar-refractivity contribution is -0.137. The van der Waals surface area contributed by atoms with Crippen molar-refractivity contribution in [1.29, 1.82) is 0 Å². The summed E-state index contributed by atoms with van der Waals surface area (Å²) >= 11 is 2.22. The van der Waals surface area contributed by atoms with Gasteiger partial charge in [0.15, 0.2) is 0 Å². The first-order valence-electron chi connectivity index (χ1n) is 6.77. The van der Waals surface area contributed by atoms with Crippen molar-refractivity contribution in [3.05, 3.63) is 29.3 Å². The number of rotatable bonds is 1. The fourth-order valence-corrected chi connectivity index (χ4v) is 3.81. The number of likely N-dealkylation sites (tertiary alicyclic amines) is 1. The van der Waals surface area contributed by atoms with Gasteiger partial charge < -0.3 is 10.2 Å². The Labute approximate surface area is 134 Å². The summed E-state index contributed by atoms with van der Waals surface area (Å²) in [5.74, 6) is 0.0360. The van der Waals surface area contributed by atoms with Gasteiger partial charge in [-0.1, -0.05) is 22.6 Å². The standard InChI is InChI=1S/C14H14F3IN2O/c15-14(16,17)8-3-4-10-9(6-8)11(7-12(18)19-10)20-5-1-2-13(20)21/h3-4,6,11-12,19H,1-2,5,7H2/t11-,12+/m0/s1. The Balaban J connectivity index is 2.02. The molecule has 3 rings (SSSR count). The van der Waals surface area contributed by atoms with Crippen LogP contribution in [0.15, 0.2) is 18.2 Å². The molecule has 1 aromatic rings. The number of benzene rings is 1. The van der Waals surface area contributed by atoms with E-state index in [1.807, 2.05) is 0 Å². The predicted molar refractivity (Wildman–Crippen MR) is 81.2 cm³/mol. The highest BCUT2D eigenvalue weighted by atomic mass is 127. The van der Waals surface area contributed by atoms with Crippen molar-refractivity contribution in [2.75, 3.05) is 11.9 Å². The molecular weight excluding hydrogens is 396 g/mol. The van der Waals surface area contributed by atoms with Crippen LogP contribution < -0.4 is 5.32 Å². The summed E-state index contributed by atoms with van der Waals surface area (Å²) in [4.78, 5) is 13.7. The van der Waals surface area contributed by atoms with Crippen molar-refractivity contribution in [3.8, 4) is 0 Å². The Bertz CT molecular complexity index is 576. The van der Waals surface area contributed by atoms with E-state index in [9.17, 15) is 18.0 Å². The third-order valence-electron chi connectivity index (χ3n) is 3.97. The van der Waals surface area contributed by atoms with Crippen molar-refractivity contribution in [3.63, 3.8) is 0 Å². The predicted octanol–water partition coefficient (Wildman–Crippen LogP) is 3.95. The minimum Gasteiger partial charge on any atom is -0.373 e. The minimum absolute atomic E-state index is 0.0360. The van der Waals surface area contributed by atoms with Crippen molar-refractivity contribution in [2.24, 2.45) is 0 Å². The lowest BCUT2D eigenvalue weighted by Crippen LogP contribution is -2.36. The van der Waals surface area contributed by atoms with Crippen LogP contribution in [0.2, 0.25) is 0 Å². The summed E-state index contributed by atoms with van der Waals surface area (Å²) in [5, 5.41) is 3.19. The maximum absolute atomic E-state index is 12.9. The van der Waals surface area contributed by atoms with Gasteiger partial charge in [0.25, 0.3) is 0 Å². The van der Waals surface area contributed by atoms with E-state index in [1.54, 1.807) is 4.90 Å². The van der Waals surface area contributed by atoms with Crippen LogP contribution in [0.3, 0.4) is 0 Å². The number of fused-ring (bicyclic) bond motifs is 1. The number of carbonyl (C=O) groups is 1. The Morgan fingerprint density at radius 3 is 2.71 bits per heavy atom. The molecule has 114 valence electrons. The van der Waals surface area contributed by atoms with Crippen molar-refractivity contribution < 1.29 is 18.0 Å². The van der Waals surface area contributed by atoms with E-state index in [2.05, 4.69) is 27.9 Å². The molecule has 0 aliphatic carbocycles. The number of nitrogens with one attached hydrogen (secondary N) is 1. The van der Waals surface area contributed by atoms with Crippen LogP contribution in [-0.4, -0.2) is 21.4 Å². The fourth-order valence-electron chi connectivity index (χ4n) is 2.99. The topological polar surface area (TPSA) is 32.3 Å². The van der Waals surface area contributed by atoms with Crippen LogP contribution in [0, 0.1) is 0 Å². The van der Waals surface area contributed by atoms with E-state index in [0.29, 0.717) is 30.6 Å². The molecule has 2 heterocycles. The number of anilines is 1. The highest BCUT2D eigenvalue weighted by Crippen LogP contribution is 2.42. The van der Waals surface area contributed by atoms with Crippen LogP contribution in [0.25, 0.3) is 0 Å². The van der Waals surface area contributed by atoms with Crippen LogP contribution in [0.1, 0.15) is 36.4 Å². The number of hydrogen-bond acceptors (Lipinski definition) is 2. The maximum atomic E-state index is 12.9. The van der Waals surface area contributed by atoms with E-state index in [0.717, 1.165) is 12.5 Å². The largest absolute Gasteiger partial charge is 0.416 e. The number of nitrogens with zero attached hydrogens (tertiary/aromatic N) is 1. The highest BCUT2D eigenvalue weighted by Gasteiger charge is 2.37. The van der Waals surface area contributed by atoms with E-state index in [-0.39, 0.29) is 16.0 Å². The SMILES string of the molecule is O=C1CCCN1[C@H]1C[C@H](I)Nc2ccc(C(F)(F)F)cc21. The first kappa shape index (κ1) is 14.9. The average Bonchev–Trinajstić information content (AvgIpc) is 2.82. The molecule has 0 bridgehead atoms. The summed E-state index contributed by atoms with van der Waals surface area (Å²) in [5.41, 5.74) is 0.609. The third kappa shape index (κ3) is 2.84. The molecule has 0 saturated carbocycles. The summed E-state index contributed by atoms with van der Waals surface area (Å²) in [6.45, 7) is 0.628. The lowest BCUT2D eigenvalue weighted by Gasteiger charge is -2.36. The zero-order valence-electron chi connectivity index (χ0n) is 11.1. The Kier molecular flexibility index (Phi) is 3.79. The summed E-state index contributed by atoms with van der Waals surface area (Å²) in [6, 6.07) is 3.47. The molecule has 1 fully saturated rings. The molecule has 0 spiro atoms. The first-order valence-corrected chi connectivity index (χ1v) is 8.02. The Hall–Kier alpha value is -0.990. The van der Waals surface area contributed by atoms with Crippen molar-refractivity contribution in [1.82, 2.24) is 4.90 Å². The number of amides is 1. The molecule has 0 unspecified atom stereocenters. The number of alkyl halides is 4. The summed E-state index contributed by atoms with van der Waals surface area (Å²) in [6.07, 6.45) is -2.47. The molecule has 1 amide bonds. The van der Waals surface area contributed by atoms with Gasteiger partial charge in [-0.3, -0.25) is 4.79 Å². The normalized spacial score (nSPS) is 25.7. The molecular formula is C14H14F3IN2O. The van der Waals surface area contributed by atoms with Crippen molar-refractivity contribution in [2.45, 2.75) is 35.5 Å². The lowest BCUT2D eigenvalue weighted by atomic mass is 9.94. The number of carbonyl (C=O) groups excluding carboxylic acids is 1. The van der Waals surface area contributed by atoms with Crippen LogP contribution in [0.5, 0.6) is 0 Å². The van der Waals surface area contributed by atoms with Gasteiger partial charge in [-0.05, 0) is 30.2 Å². The molecule has 3 nitrogen and oxygen atoms in total. The monoisotopic (exact) mass is 410 g/mol. The molecule has 1 saturated heterocycles. The molecule has 1 N–H and O–H groups in total. The zero-order valence-corrected chi connectivity index (χ0v) is 13.2. The maximum Gasteiger partial charge on any atom is 0.416 e. The molecule has 7 heteroatoms. The second-order valence-corrected chi connectivity index (χ2v) is 6.86. The summed E-state index contributed by atoms with van der Waals surface area (Å²) < 4.78 is 38.8. The van der Waals surface area contributed by atoms with Gasteiger partial charge in [0, 0.05) is 25.1 Å². The van der Waals surface area contributed by atoms with E-state index < -0.39 is 11.7 Å². The molecule has 0 aromatic heterocycles. The zero-order chi connectivity index (χ0) is 15.2. The van der Waals surface area contributed by atoms with E-state index in [4.69, 9.17) is 0 Å². The quantitative estimate of drug-likeness (QED) is 0.432. The van der Waals surface area contributed by atoms with Gasteiger partial charge in [-0.2, -0.15) is 13.2 Å². The van der Waals surface area contributed by atoms with Crippen LogP contribution in [0.4, 0.5) is 18.9 Å². The average molecular weight is 410 g/mol. The second kappa shape index (κ2) is 5.33. The number of hydrogen-bond donors (Lipinski definition) is 1. The number of halogens is 4. The Morgan fingerprint density at radius 1 is 1.33 bits per heavy atom. The molecule has 0 radical (unpaired) electrons. The molecule has 21 heavy (non-hydrogen) atoms. The highest BCUT2D eigenvalue weighted by molar-refractivity contribution is 14.1. The fraction of sp³-hybridized carbons (Fsp3) is 0.500. The first-order chi connectivity index (χ1) is 9.86. The van der Waals surface area contributed by atoms with Crippen molar-refractivity contribution >= 4 is 34.2 Å². The second-order valence-electron chi connectivity index (χ2n) is 5.35. The van der Waals surface area contributed by atoms with E-state index in [1.165, 1.54) is 12.1 Å². The van der Waals surface area contributed by atoms with Gasteiger partial charge in [0.1, 0.15) is 0 Å². The van der Waals surface area contributed by atoms with E-state index >= 15 is 0 Å². The van der Waals surface area contributed by atoms with Gasteiger partial charge in [0.2, 0.25) is 5.91 Å². The molecule has 2 aliphatic heterocycles. The minimum atomic E-state index is -4.37. The van der Waals surface area contributed by atoms with Crippen LogP contribution in [-0.2, 0) is 11.0 Å². The Morgan fingerprint density at radius 2 is 2.10 bits per heavy atom. The molecule has 2 aliphatic rings. The van der Waals surface area contributed by atoms with Crippen LogP contribution >= 0.6 is 22.6 Å². The third-order valence-corrected chi connectivity index (χ3v) is 4.79. The summed E-state index contributed by atoms with van der Waals surface area (Å²) in [7, 11) is 0.